The summed E-state index contributed by atoms with van der Waals surface area (Å²) < 4.78 is 1.64. The van der Waals surface area contributed by atoms with Gasteiger partial charge in [-0.15, -0.1) is 0 Å². The molecule has 4 nitrogen and oxygen atoms in total. The molecule has 8 heteroatoms. The number of imidazole rings is 1. The van der Waals surface area contributed by atoms with Gasteiger partial charge in [0.05, 0.1) is 22.4 Å². The van der Waals surface area contributed by atoms with Gasteiger partial charge in [0.2, 0.25) is 5.28 Å². The van der Waals surface area contributed by atoms with Crippen molar-refractivity contribution in [2.75, 3.05) is 0 Å². The molecule has 170 valence electrons. The normalized spacial score (nSPS) is 13.2. The predicted molar refractivity (Wildman–Crippen MR) is 139 cm³/mol. The Balaban J connectivity index is 1.79. The predicted octanol–water partition coefficient (Wildman–Crippen LogP) is 7.53. The number of benzene rings is 3. The van der Waals surface area contributed by atoms with Gasteiger partial charge in [-0.25, -0.2) is 9.97 Å². The van der Waals surface area contributed by atoms with Crippen molar-refractivity contribution < 1.29 is 5.11 Å². The Morgan fingerprint density at radius 3 is 2.18 bits per heavy atom. The third kappa shape index (κ3) is 3.76. The van der Waals surface area contributed by atoms with Gasteiger partial charge in [-0.1, -0.05) is 83.3 Å². The largest absolute Gasteiger partial charge is 0.374 e. The van der Waals surface area contributed by atoms with Crippen LogP contribution in [0.4, 0.5) is 0 Å². The molecule has 2 heterocycles. The highest BCUT2D eigenvalue weighted by atomic mass is 35.5. The molecule has 5 rings (SSSR count). The monoisotopic (exact) mass is 527 g/mol. The van der Waals surface area contributed by atoms with Crippen LogP contribution in [0, 0.1) is 0 Å². The van der Waals surface area contributed by atoms with Crippen LogP contribution in [0.2, 0.25) is 20.5 Å². The number of fused-ring (bicyclic) bond motifs is 1. The molecule has 1 N–H and O–H groups in total. The fraction of sp³-hybridized carbons (Fsp3) is 0.0769. The van der Waals surface area contributed by atoms with Crippen molar-refractivity contribution in [3.8, 4) is 11.1 Å². The quantitative estimate of drug-likeness (QED) is 0.245. The highest BCUT2D eigenvalue weighted by Crippen LogP contribution is 2.42. The fourth-order valence-electron chi connectivity index (χ4n) is 4.15. The maximum atomic E-state index is 12.2. The Kier molecular flexibility index (Phi) is 6.05. The Labute approximate surface area is 216 Å². The number of hydrogen-bond acceptors (Lipinski definition) is 3. The number of nitrogens with zero attached hydrogens (tertiary/aromatic N) is 3. The number of rotatable bonds is 4. The van der Waals surface area contributed by atoms with Crippen LogP contribution in [0.15, 0.2) is 79.0 Å². The van der Waals surface area contributed by atoms with Gasteiger partial charge in [0.25, 0.3) is 0 Å². The lowest BCUT2D eigenvalue weighted by Gasteiger charge is -2.30. The zero-order valence-electron chi connectivity index (χ0n) is 17.8. The first-order valence-corrected chi connectivity index (χ1v) is 11.8. The lowest BCUT2D eigenvalue weighted by molar-refractivity contribution is 0.117. The summed E-state index contributed by atoms with van der Waals surface area (Å²) in [6.07, 6.45) is 1.55. The van der Waals surface area contributed by atoms with E-state index in [1.54, 1.807) is 54.2 Å². The van der Waals surface area contributed by atoms with Crippen LogP contribution in [0.3, 0.4) is 0 Å². The van der Waals surface area contributed by atoms with E-state index < -0.39 is 5.60 Å². The van der Waals surface area contributed by atoms with Crippen LogP contribution in [0.5, 0.6) is 0 Å². The molecule has 0 fully saturated rings. The van der Waals surface area contributed by atoms with Gasteiger partial charge in [-0.2, -0.15) is 0 Å². The molecular weight excluding hydrogens is 512 g/mol. The van der Waals surface area contributed by atoms with Crippen molar-refractivity contribution >= 4 is 57.3 Å². The summed E-state index contributed by atoms with van der Waals surface area (Å²) in [6, 6.07) is 22.0. The summed E-state index contributed by atoms with van der Waals surface area (Å²) in [5.41, 5.74) is 2.14. The first-order valence-electron chi connectivity index (χ1n) is 10.3. The van der Waals surface area contributed by atoms with Crippen molar-refractivity contribution in [2.45, 2.75) is 5.60 Å². The first-order chi connectivity index (χ1) is 16.3. The van der Waals surface area contributed by atoms with Gasteiger partial charge in [-0.3, -0.25) is 0 Å². The van der Waals surface area contributed by atoms with Crippen molar-refractivity contribution in [2.24, 2.45) is 7.05 Å². The van der Waals surface area contributed by atoms with E-state index in [4.69, 9.17) is 46.4 Å². The van der Waals surface area contributed by atoms with Gasteiger partial charge in [0.15, 0.2) is 5.60 Å². The molecule has 1 atom stereocenters. The smallest absolute Gasteiger partial charge is 0.202 e. The summed E-state index contributed by atoms with van der Waals surface area (Å²) in [6.45, 7) is 0. The molecule has 0 bridgehead atoms. The third-order valence-corrected chi connectivity index (χ3v) is 7.19. The SMILES string of the molecule is Cn1c(C(O)(c2ccc(Cl)cc2)c2ccc3nc(Cl)c(-c4ccccc4)c(Cl)c3c2)cnc1Cl. The van der Waals surface area contributed by atoms with E-state index in [0.29, 0.717) is 48.5 Å². The van der Waals surface area contributed by atoms with E-state index in [1.165, 1.54) is 0 Å². The summed E-state index contributed by atoms with van der Waals surface area (Å²) in [7, 11) is 1.74. The van der Waals surface area contributed by atoms with E-state index in [1.807, 2.05) is 36.4 Å². The zero-order valence-corrected chi connectivity index (χ0v) is 20.8. The fourth-order valence-corrected chi connectivity index (χ4v) is 5.11. The molecule has 0 saturated heterocycles. The lowest BCUT2D eigenvalue weighted by Crippen LogP contribution is -2.31. The van der Waals surface area contributed by atoms with E-state index in [-0.39, 0.29) is 5.28 Å². The Hall–Kier alpha value is -2.60. The maximum absolute atomic E-state index is 12.2. The standard InChI is InChI=1S/C26H17Cl4N3O/c1-33-21(14-31-25(33)30)26(34,16-7-10-18(27)11-8-16)17-9-12-20-19(13-17)23(28)22(24(29)32-20)15-5-3-2-4-6-15/h2-14,34H,1H3. The Morgan fingerprint density at radius 1 is 0.853 bits per heavy atom. The third-order valence-electron chi connectivity index (χ3n) is 5.92. The minimum Gasteiger partial charge on any atom is -0.374 e. The van der Waals surface area contributed by atoms with Crippen molar-refractivity contribution in [1.29, 1.82) is 0 Å². The van der Waals surface area contributed by atoms with E-state index in [2.05, 4.69) is 9.97 Å². The molecule has 0 amide bonds. The van der Waals surface area contributed by atoms with E-state index >= 15 is 0 Å². The van der Waals surface area contributed by atoms with Crippen LogP contribution >= 0.6 is 46.4 Å². The zero-order chi connectivity index (χ0) is 24.0. The number of halogens is 4. The number of aliphatic hydroxyl groups is 1. The van der Waals surface area contributed by atoms with Crippen LogP contribution in [0.25, 0.3) is 22.0 Å². The maximum Gasteiger partial charge on any atom is 0.202 e. The molecule has 2 aromatic heterocycles. The summed E-state index contributed by atoms with van der Waals surface area (Å²) in [4.78, 5) is 8.74. The van der Waals surface area contributed by atoms with Crippen LogP contribution < -0.4 is 0 Å². The van der Waals surface area contributed by atoms with Gasteiger partial charge in [0, 0.05) is 23.0 Å². The molecule has 0 saturated carbocycles. The van der Waals surface area contributed by atoms with Gasteiger partial charge < -0.3 is 9.67 Å². The average molecular weight is 529 g/mol. The van der Waals surface area contributed by atoms with E-state index in [9.17, 15) is 5.11 Å². The van der Waals surface area contributed by atoms with Crippen molar-refractivity contribution in [1.82, 2.24) is 14.5 Å². The molecule has 34 heavy (non-hydrogen) atoms. The molecular formula is C26H17Cl4N3O. The summed E-state index contributed by atoms with van der Waals surface area (Å²) in [5.74, 6) is 0. The van der Waals surface area contributed by atoms with Crippen molar-refractivity contribution in [3.05, 3.63) is 116 Å². The molecule has 0 radical (unpaired) electrons. The molecule has 3 aromatic carbocycles. The van der Waals surface area contributed by atoms with Gasteiger partial charge in [0.1, 0.15) is 5.15 Å². The molecule has 0 spiro atoms. The number of pyridine rings is 1. The second-order valence-corrected chi connectivity index (χ2v) is 9.39. The molecule has 1 unspecified atom stereocenters. The van der Waals surface area contributed by atoms with Crippen LogP contribution in [-0.4, -0.2) is 19.6 Å². The van der Waals surface area contributed by atoms with Gasteiger partial charge in [-0.05, 0) is 52.6 Å². The summed E-state index contributed by atoms with van der Waals surface area (Å²) >= 11 is 25.8. The second kappa shape index (κ2) is 8.88. The molecule has 5 aromatic rings. The Morgan fingerprint density at radius 2 is 1.53 bits per heavy atom. The minimum absolute atomic E-state index is 0.251. The van der Waals surface area contributed by atoms with Crippen molar-refractivity contribution in [3.63, 3.8) is 0 Å². The molecule has 0 aliphatic heterocycles. The lowest BCUT2D eigenvalue weighted by atomic mass is 9.83. The first kappa shape index (κ1) is 23.2. The van der Waals surface area contributed by atoms with Gasteiger partial charge >= 0.3 is 0 Å². The highest BCUT2D eigenvalue weighted by Gasteiger charge is 2.37. The van der Waals surface area contributed by atoms with Crippen LogP contribution in [0.1, 0.15) is 16.8 Å². The highest BCUT2D eigenvalue weighted by molar-refractivity contribution is 6.42. The summed E-state index contributed by atoms with van der Waals surface area (Å²) in [5, 5.41) is 14.5. The molecule has 0 aliphatic carbocycles. The minimum atomic E-state index is -1.59. The van der Waals surface area contributed by atoms with E-state index in [0.717, 1.165) is 5.56 Å². The number of aromatic nitrogens is 3. The molecule has 0 aliphatic rings. The average Bonchev–Trinajstić information content (AvgIpc) is 3.18. The number of hydrogen-bond donors (Lipinski definition) is 1. The second-order valence-electron chi connectivity index (χ2n) is 7.88. The topological polar surface area (TPSA) is 50.9 Å². The van der Waals surface area contributed by atoms with Crippen LogP contribution in [-0.2, 0) is 12.6 Å². The Bertz CT molecular complexity index is 1520.